The lowest BCUT2D eigenvalue weighted by atomic mass is 9.81. The number of hydrogen-bond donors (Lipinski definition) is 2. The minimum absolute atomic E-state index is 0.105. The summed E-state index contributed by atoms with van der Waals surface area (Å²) in [5, 5.41) is 1.19. The lowest BCUT2D eigenvalue weighted by Gasteiger charge is -2.31. The van der Waals surface area contributed by atoms with Gasteiger partial charge in [-0.1, -0.05) is 38.1 Å². The van der Waals surface area contributed by atoms with E-state index < -0.39 is 20.2 Å². The predicted molar refractivity (Wildman–Crippen MR) is 109 cm³/mol. The van der Waals surface area contributed by atoms with Gasteiger partial charge in [0, 0.05) is 34.5 Å². The number of benzene rings is 2. The number of anilines is 1. The second kappa shape index (κ2) is 6.98. The van der Waals surface area contributed by atoms with Crippen LogP contribution in [0, 0.1) is 0 Å². The van der Waals surface area contributed by atoms with E-state index in [-0.39, 0.29) is 22.1 Å². The molecule has 1 unspecified atom stereocenters. The number of hydrogen-bond acceptors (Lipinski definition) is 5. The molecule has 3 rings (SSSR count). The van der Waals surface area contributed by atoms with Crippen LogP contribution in [-0.4, -0.2) is 44.3 Å². The van der Waals surface area contributed by atoms with Gasteiger partial charge >= 0.3 is 0 Å². The summed E-state index contributed by atoms with van der Waals surface area (Å²) >= 11 is 0. The molecule has 0 saturated heterocycles. The molecular weight excluding hydrogens is 402 g/mol. The highest BCUT2D eigenvalue weighted by Crippen LogP contribution is 2.49. The van der Waals surface area contributed by atoms with Crippen LogP contribution in [0.25, 0.3) is 10.8 Å². The van der Waals surface area contributed by atoms with Crippen molar-refractivity contribution < 1.29 is 25.9 Å². The van der Waals surface area contributed by atoms with Crippen molar-refractivity contribution in [3.63, 3.8) is 0 Å². The molecule has 9 heteroatoms. The van der Waals surface area contributed by atoms with Crippen LogP contribution in [-0.2, 0) is 25.7 Å². The van der Waals surface area contributed by atoms with Crippen LogP contribution in [0.4, 0.5) is 5.69 Å². The average molecular weight is 428 g/mol. The normalized spacial score (nSPS) is 19.2. The molecule has 0 radical (unpaired) electrons. The third-order valence-corrected chi connectivity index (χ3v) is 7.53. The third-order valence-electron chi connectivity index (χ3n) is 5.82. The summed E-state index contributed by atoms with van der Waals surface area (Å²) < 4.78 is 64.0. The summed E-state index contributed by atoms with van der Waals surface area (Å²) in [7, 11) is -8.34. The first-order chi connectivity index (χ1) is 12.8. The van der Waals surface area contributed by atoms with Crippen molar-refractivity contribution in [1.29, 1.82) is 0 Å². The predicted octanol–water partition coefficient (Wildman–Crippen LogP) is 3.24. The lowest BCUT2D eigenvalue weighted by molar-refractivity contribution is 0.437. The van der Waals surface area contributed by atoms with Gasteiger partial charge in [0.05, 0.1) is 5.75 Å². The monoisotopic (exact) mass is 427 g/mol. The zero-order valence-corrected chi connectivity index (χ0v) is 17.7. The molecule has 0 bridgehead atoms. The highest BCUT2D eigenvalue weighted by Gasteiger charge is 2.42. The number of fused-ring (bicyclic) bond motifs is 3. The SMILES string of the molecule is CC1N(CCCCS(=O)(=O)O)c2c(ccc3c(S(=O)(=O)O)cccc23)C1(C)C. The first-order valence-electron chi connectivity index (χ1n) is 9.09. The van der Waals surface area contributed by atoms with Gasteiger partial charge in [0.1, 0.15) is 4.90 Å². The first-order valence-corrected chi connectivity index (χ1v) is 12.1. The van der Waals surface area contributed by atoms with Gasteiger partial charge in [0.2, 0.25) is 0 Å². The highest BCUT2D eigenvalue weighted by molar-refractivity contribution is 7.86. The topological polar surface area (TPSA) is 112 Å². The Hall–Kier alpha value is -1.68. The maximum absolute atomic E-state index is 11.8. The molecular formula is C19H25NO6S2. The molecule has 1 atom stereocenters. The van der Waals surface area contributed by atoms with Crippen LogP contribution in [0.1, 0.15) is 39.2 Å². The van der Waals surface area contributed by atoms with Crippen LogP contribution in [0.15, 0.2) is 35.2 Å². The van der Waals surface area contributed by atoms with E-state index in [1.54, 1.807) is 12.1 Å². The molecule has 0 amide bonds. The van der Waals surface area contributed by atoms with E-state index in [4.69, 9.17) is 4.55 Å². The van der Waals surface area contributed by atoms with Crippen LogP contribution in [0.3, 0.4) is 0 Å². The Balaban J connectivity index is 2.08. The van der Waals surface area contributed by atoms with E-state index in [0.29, 0.717) is 24.8 Å². The molecule has 1 aliphatic heterocycles. The number of unbranched alkanes of at least 4 members (excludes halogenated alkanes) is 1. The minimum Gasteiger partial charge on any atom is -0.367 e. The van der Waals surface area contributed by atoms with Gasteiger partial charge in [-0.3, -0.25) is 9.11 Å². The van der Waals surface area contributed by atoms with E-state index >= 15 is 0 Å². The standard InChI is InChI=1S/C19H25NO6S2/c1-13-19(2,3)16-10-9-14-15(7-6-8-17(14)28(24,25)26)18(16)20(13)11-4-5-12-27(21,22)23/h6-10,13H,4-5,11-12H2,1-3H3,(H,21,22,23)(H,24,25,26). The Labute approximate surface area is 165 Å². The van der Waals surface area contributed by atoms with Crippen molar-refractivity contribution in [1.82, 2.24) is 0 Å². The van der Waals surface area contributed by atoms with Crippen molar-refractivity contribution in [2.45, 2.75) is 50.0 Å². The molecule has 1 aliphatic rings. The second-order valence-corrected chi connectivity index (χ2v) is 10.8. The maximum atomic E-state index is 11.8. The molecule has 1 heterocycles. The summed E-state index contributed by atoms with van der Waals surface area (Å²) in [5.74, 6) is -0.284. The molecule has 0 spiro atoms. The Kier molecular flexibility index (Phi) is 5.24. The van der Waals surface area contributed by atoms with Gasteiger partial charge < -0.3 is 4.90 Å². The first kappa shape index (κ1) is 21.0. The number of nitrogens with zero attached hydrogens (tertiary/aromatic N) is 1. The number of rotatable bonds is 6. The smallest absolute Gasteiger partial charge is 0.295 e. The van der Waals surface area contributed by atoms with Crippen molar-refractivity contribution >= 4 is 36.7 Å². The quantitative estimate of drug-likeness (QED) is 0.537. The molecule has 7 nitrogen and oxygen atoms in total. The average Bonchev–Trinajstić information content (AvgIpc) is 2.77. The fourth-order valence-electron chi connectivity index (χ4n) is 4.05. The van der Waals surface area contributed by atoms with Gasteiger partial charge in [0.25, 0.3) is 20.2 Å². The Morgan fingerprint density at radius 3 is 2.29 bits per heavy atom. The molecule has 2 aromatic rings. The van der Waals surface area contributed by atoms with Gasteiger partial charge in [0.15, 0.2) is 0 Å². The second-order valence-electron chi connectivity index (χ2n) is 7.87. The summed E-state index contributed by atoms with van der Waals surface area (Å²) in [6.45, 7) is 6.89. The summed E-state index contributed by atoms with van der Waals surface area (Å²) in [6.07, 6.45) is 0.896. The fourth-order valence-corrected chi connectivity index (χ4v) is 5.32. The molecule has 28 heavy (non-hydrogen) atoms. The summed E-state index contributed by atoms with van der Waals surface area (Å²) in [5.41, 5.74) is 1.79. The van der Waals surface area contributed by atoms with Gasteiger partial charge in [-0.15, -0.1) is 0 Å². The van der Waals surface area contributed by atoms with Crippen LogP contribution < -0.4 is 4.90 Å². The Bertz CT molecular complexity index is 1120. The summed E-state index contributed by atoms with van der Waals surface area (Å²) in [4.78, 5) is 2.03. The van der Waals surface area contributed by atoms with Crippen molar-refractivity contribution in [2.24, 2.45) is 0 Å². The van der Waals surface area contributed by atoms with Crippen molar-refractivity contribution in [3.8, 4) is 0 Å². The van der Waals surface area contributed by atoms with Crippen molar-refractivity contribution in [2.75, 3.05) is 17.2 Å². The molecule has 2 aromatic carbocycles. The molecule has 154 valence electrons. The highest BCUT2D eigenvalue weighted by atomic mass is 32.2. The van der Waals surface area contributed by atoms with E-state index in [0.717, 1.165) is 16.6 Å². The third kappa shape index (κ3) is 3.76. The summed E-state index contributed by atoms with van der Waals surface area (Å²) in [6, 6.07) is 8.56. The van der Waals surface area contributed by atoms with E-state index in [1.807, 2.05) is 12.1 Å². The van der Waals surface area contributed by atoms with Gasteiger partial charge in [-0.2, -0.15) is 16.8 Å². The lowest BCUT2D eigenvalue weighted by Crippen LogP contribution is -2.39. The van der Waals surface area contributed by atoms with Gasteiger partial charge in [-0.25, -0.2) is 0 Å². The Morgan fingerprint density at radius 2 is 1.68 bits per heavy atom. The van der Waals surface area contributed by atoms with Crippen LogP contribution >= 0.6 is 0 Å². The van der Waals surface area contributed by atoms with E-state index in [1.165, 1.54) is 6.07 Å². The maximum Gasteiger partial charge on any atom is 0.295 e. The zero-order valence-electron chi connectivity index (χ0n) is 16.1. The van der Waals surface area contributed by atoms with Crippen LogP contribution in [0.5, 0.6) is 0 Å². The zero-order chi connectivity index (χ0) is 20.9. The van der Waals surface area contributed by atoms with Crippen LogP contribution in [0.2, 0.25) is 0 Å². The Morgan fingerprint density at radius 1 is 1.00 bits per heavy atom. The van der Waals surface area contributed by atoms with Crippen molar-refractivity contribution in [3.05, 3.63) is 35.9 Å². The van der Waals surface area contributed by atoms with E-state index in [2.05, 4.69) is 25.7 Å². The fraction of sp³-hybridized carbons (Fsp3) is 0.474. The molecule has 0 saturated carbocycles. The molecule has 0 fully saturated rings. The minimum atomic E-state index is -4.36. The van der Waals surface area contributed by atoms with E-state index in [9.17, 15) is 21.4 Å². The molecule has 0 aromatic heterocycles. The largest absolute Gasteiger partial charge is 0.367 e. The van der Waals surface area contributed by atoms with Gasteiger partial charge in [-0.05, 0) is 31.4 Å². The molecule has 0 aliphatic carbocycles. The molecule has 2 N–H and O–H groups in total.